The van der Waals surface area contributed by atoms with Crippen LogP contribution in [0.5, 0.6) is 6.01 Å². The smallest absolute Gasteiger partial charge is 0.320 e. The molecule has 28 heavy (non-hydrogen) atoms. The average Bonchev–Trinajstić information content (AvgIpc) is 3.11. The molecule has 150 valence electrons. The first-order valence-corrected chi connectivity index (χ1v) is 10.7. The van der Waals surface area contributed by atoms with E-state index < -0.39 is 0 Å². The van der Waals surface area contributed by atoms with E-state index in [0.717, 1.165) is 29.6 Å². The maximum absolute atomic E-state index is 5.91. The van der Waals surface area contributed by atoms with E-state index in [-0.39, 0.29) is 0 Å². The zero-order chi connectivity index (χ0) is 19.6. The monoisotopic (exact) mass is 380 g/mol. The van der Waals surface area contributed by atoms with Gasteiger partial charge in [-0.15, -0.1) is 0 Å². The second-order valence-corrected chi connectivity index (χ2v) is 7.62. The average molecular weight is 381 g/mol. The number of unbranched alkanes of at least 4 members (excludes halogenated alkanes) is 7. The lowest BCUT2D eigenvalue weighted by molar-refractivity contribution is 0.280. The second kappa shape index (κ2) is 10.8. The number of nitrogens with zero attached hydrogens (tertiary/aromatic N) is 2. The van der Waals surface area contributed by atoms with E-state index in [1.165, 1.54) is 50.5 Å². The molecular weight excluding hydrogens is 348 g/mol. The molecule has 0 amide bonds. The molecule has 4 nitrogen and oxygen atoms in total. The summed E-state index contributed by atoms with van der Waals surface area (Å²) in [4.78, 5) is 8.72. The summed E-state index contributed by atoms with van der Waals surface area (Å²) in [6, 6.07) is 10.7. The van der Waals surface area contributed by atoms with Gasteiger partial charge in [0, 0.05) is 12.6 Å². The number of aromatic nitrogens is 2. The molecular formula is C24H32N2O2. The largest absolute Gasteiger partial charge is 0.459 e. The Hall–Kier alpha value is -2.36. The lowest BCUT2D eigenvalue weighted by Gasteiger charge is -2.04. The molecule has 3 aromatic rings. The van der Waals surface area contributed by atoms with Gasteiger partial charge in [0.25, 0.3) is 0 Å². The van der Waals surface area contributed by atoms with Crippen molar-refractivity contribution in [2.45, 2.75) is 78.2 Å². The van der Waals surface area contributed by atoms with Gasteiger partial charge in [-0.05, 0) is 25.0 Å². The fraction of sp³-hybridized carbons (Fsp3) is 0.500. The molecule has 0 atom stereocenters. The van der Waals surface area contributed by atoms with Crippen LogP contribution < -0.4 is 4.74 Å². The molecule has 0 unspecified atom stereocenters. The van der Waals surface area contributed by atoms with E-state index in [4.69, 9.17) is 9.15 Å². The van der Waals surface area contributed by atoms with Crippen molar-refractivity contribution in [2.75, 3.05) is 0 Å². The first kappa shape index (κ1) is 20.4. The highest BCUT2D eigenvalue weighted by Gasteiger charge is 2.08. The van der Waals surface area contributed by atoms with Crippen LogP contribution in [0.3, 0.4) is 0 Å². The highest BCUT2D eigenvalue weighted by Crippen LogP contribution is 2.21. The predicted octanol–water partition coefficient (Wildman–Crippen LogP) is 6.79. The van der Waals surface area contributed by atoms with Crippen LogP contribution in [0.25, 0.3) is 11.1 Å². The second-order valence-electron chi connectivity index (χ2n) is 7.62. The molecule has 0 fully saturated rings. The molecule has 0 bridgehead atoms. The van der Waals surface area contributed by atoms with Crippen molar-refractivity contribution in [3.63, 3.8) is 0 Å². The molecule has 0 spiro atoms. The fourth-order valence-electron chi connectivity index (χ4n) is 3.33. The zero-order valence-corrected chi connectivity index (χ0v) is 17.2. The summed E-state index contributed by atoms with van der Waals surface area (Å²) in [5.74, 6) is 0.992. The van der Waals surface area contributed by atoms with Crippen molar-refractivity contribution in [1.82, 2.24) is 9.97 Å². The Balaban J connectivity index is 1.44. The van der Waals surface area contributed by atoms with Gasteiger partial charge >= 0.3 is 6.01 Å². The maximum atomic E-state index is 5.91. The van der Waals surface area contributed by atoms with E-state index in [1.54, 1.807) is 6.20 Å². The summed E-state index contributed by atoms with van der Waals surface area (Å²) in [7, 11) is 0. The summed E-state index contributed by atoms with van der Waals surface area (Å²) in [5.41, 5.74) is 2.95. The van der Waals surface area contributed by atoms with Crippen LogP contribution in [-0.2, 0) is 13.0 Å². The molecule has 3 rings (SSSR count). The number of ether oxygens (including phenoxy) is 1. The predicted molar refractivity (Wildman–Crippen MR) is 114 cm³/mol. The number of rotatable bonds is 12. The third-order valence-corrected chi connectivity index (χ3v) is 5.07. The molecule has 0 N–H and O–H groups in total. The Bertz CT molecular complexity index is 839. The third kappa shape index (κ3) is 6.36. The van der Waals surface area contributed by atoms with Crippen molar-refractivity contribution in [3.8, 4) is 6.01 Å². The highest BCUT2D eigenvalue weighted by atomic mass is 16.5. The molecule has 0 saturated heterocycles. The summed E-state index contributed by atoms with van der Waals surface area (Å²) >= 11 is 0. The van der Waals surface area contributed by atoms with Crippen LogP contribution in [0, 0.1) is 6.92 Å². The van der Waals surface area contributed by atoms with Crippen molar-refractivity contribution < 1.29 is 9.15 Å². The molecule has 0 radical (unpaired) electrons. The van der Waals surface area contributed by atoms with Gasteiger partial charge in [0.15, 0.2) is 0 Å². The van der Waals surface area contributed by atoms with Crippen molar-refractivity contribution in [2.24, 2.45) is 0 Å². The van der Waals surface area contributed by atoms with Crippen LogP contribution in [0.1, 0.15) is 75.2 Å². The van der Waals surface area contributed by atoms with Gasteiger partial charge in [0.2, 0.25) is 5.71 Å². The Morgan fingerprint density at radius 1 is 0.929 bits per heavy atom. The summed E-state index contributed by atoms with van der Waals surface area (Å²) < 4.78 is 11.6. The topological polar surface area (TPSA) is 48.2 Å². The van der Waals surface area contributed by atoms with Crippen molar-refractivity contribution in [1.29, 1.82) is 0 Å². The lowest BCUT2D eigenvalue weighted by atomic mass is 10.1. The highest BCUT2D eigenvalue weighted by molar-refractivity contribution is 5.73. The Morgan fingerprint density at radius 3 is 2.39 bits per heavy atom. The minimum atomic E-state index is 0.362. The summed E-state index contributed by atoms with van der Waals surface area (Å²) in [6.07, 6.45) is 13.3. The molecule has 4 heteroatoms. The number of aryl methyl sites for hydroxylation is 2. The van der Waals surface area contributed by atoms with Gasteiger partial charge in [-0.3, -0.25) is 0 Å². The van der Waals surface area contributed by atoms with Gasteiger partial charge in [0.1, 0.15) is 12.4 Å². The van der Waals surface area contributed by atoms with E-state index in [0.29, 0.717) is 18.3 Å². The third-order valence-electron chi connectivity index (χ3n) is 5.07. The van der Waals surface area contributed by atoms with Crippen LogP contribution in [0.2, 0.25) is 0 Å². The van der Waals surface area contributed by atoms with E-state index in [9.17, 15) is 0 Å². The minimum Gasteiger partial charge on any atom is -0.459 e. The molecule has 0 aliphatic carbocycles. The Kier molecular flexibility index (Phi) is 7.89. The molecule has 0 aliphatic rings. The lowest BCUT2D eigenvalue weighted by Crippen LogP contribution is -1.99. The summed E-state index contributed by atoms with van der Waals surface area (Å²) in [6.45, 7) is 4.79. The maximum Gasteiger partial charge on any atom is 0.320 e. The van der Waals surface area contributed by atoms with Gasteiger partial charge in [-0.2, -0.15) is 4.98 Å². The molecule has 1 aromatic carbocycles. The van der Waals surface area contributed by atoms with Crippen molar-refractivity contribution >= 4 is 11.1 Å². The van der Waals surface area contributed by atoms with Gasteiger partial charge in [0.05, 0.1) is 5.39 Å². The number of hydrogen-bond donors (Lipinski definition) is 0. The standard InChI is InChI=1S/C24H32N2O2/c1-3-4-5-6-7-8-9-10-11-22-16-21-17-25-24(26-23(21)28-22)27-18-20-14-12-19(2)13-15-20/h12-17H,3-11,18H2,1-2H3. The summed E-state index contributed by atoms with van der Waals surface area (Å²) in [5, 5.41) is 0.942. The number of benzene rings is 1. The number of furan rings is 1. The Labute approximate surface area is 168 Å². The van der Waals surface area contributed by atoms with E-state index >= 15 is 0 Å². The van der Waals surface area contributed by atoms with Crippen molar-refractivity contribution in [3.05, 3.63) is 53.4 Å². The molecule has 2 aromatic heterocycles. The van der Waals surface area contributed by atoms with Crippen LogP contribution >= 0.6 is 0 Å². The van der Waals surface area contributed by atoms with Crippen LogP contribution in [0.4, 0.5) is 0 Å². The molecule has 0 aliphatic heterocycles. The SMILES string of the molecule is CCCCCCCCCCc1cc2cnc(OCc3ccc(C)cc3)nc2o1. The first-order chi connectivity index (χ1) is 13.7. The number of hydrogen-bond acceptors (Lipinski definition) is 4. The first-order valence-electron chi connectivity index (χ1n) is 10.7. The normalized spacial score (nSPS) is 11.2. The van der Waals surface area contributed by atoms with Crippen LogP contribution in [0.15, 0.2) is 40.9 Å². The Morgan fingerprint density at radius 2 is 1.64 bits per heavy atom. The van der Waals surface area contributed by atoms with Crippen LogP contribution in [-0.4, -0.2) is 9.97 Å². The van der Waals surface area contributed by atoms with E-state index in [1.807, 2.05) is 0 Å². The van der Waals surface area contributed by atoms with E-state index in [2.05, 4.69) is 54.1 Å². The minimum absolute atomic E-state index is 0.362. The fourth-order valence-corrected chi connectivity index (χ4v) is 3.33. The number of fused-ring (bicyclic) bond motifs is 1. The quantitative estimate of drug-likeness (QED) is 0.324. The van der Waals surface area contributed by atoms with Gasteiger partial charge in [-0.1, -0.05) is 81.7 Å². The van der Waals surface area contributed by atoms with Gasteiger partial charge < -0.3 is 9.15 Å². The molecule has 2 heterocycles. The zero-order valence-electron chi connectivity index (χ0n) is 17.2. The molecule has 0 saturated carbocycles. The van der Waals surface area contributed by atoms with Gasteiger partial charge in [-0.25, -0.2) is 4.98 Å².